The maximum Gasteiger partial charge on any atom is 0.340 e. The first-order valence-electron chi connectivity index (χ1n) is 5.01. The van der Waals surface area contributed by atoms with Crippen LogP contribution in [-0.4, -0.2) is 32.7 Å². The molecule has 0 saturated carbocycles. The molecular weight excluding hydrogens is 210 g/mol. The van der Waals surface area contributed by atoms with Crippen molar-refractivity contribution in [2.45, 2.75) is 12.8 Å². The lowest BCUT2D eigenvalue weighted by molar-refractivity contribution is -0.139. The molecule has 1 N–H and O–H groups in total. The summed E-state index contributed by atoms with van der Waals surface area (Å²) in [6.45, 7) is 0.755. The van der Waals surface area contributed by atoms with Crippen molar-refractivity contribution in [2.75, 3.05) is 20.8 Å². The second kappa shape index (κ2) is 5.95. The van der Waals surface area contributed by atoms with Crippen LogP contribution < -0.4 is 5.32 Å². The molecule has 0 radical (unpaired) electrons. The van der Waals surface area contributed by atoms with Crippen molar-refractivity contribution in [3.8, 4) is 0 Å². The van der Waals surface area contributed by atoms with E-state index < -0.39 is 11.9 Å². The SMILES string of the molecule is COC(=O)C1=CNCCC/C=C\1C(=O)OC. The molecule has 0 amide bonds. The molecule has 0 bridgehead atoms. The molecule has 1 rings (SSSR count). The summed E-state index contributed by atoms with van der Waals surface area (Å²) >= 11 is 0. The van der Waals surface area contributed by atoms with Crippen molar-refractivity contribution in [3.63, 3.8) is 0 Å². The topological polar surface area (TPSA) is 64.6 Å². The number of nitrogens with one attached hydrogen (secondary N) is 1. The lowest BCUT2D eigenvalue weighted by Gasteiger charge is -2.12. The molecular formula is C11H15NO4. The minimum atomic E-state index is -0.550. The Labute approximate surface area is 94.1 Å². The molecule has 0 atom stereocenters. The smallest absolute Gasteiger partial charge is 0.340 e. The van der Waals surface area contributed by atoms with Gasteiger partial charge in [0, 0.05) is 12.7 Å². The first-order chi connectivity index (χ1) is 7.70. The number of hydrogen-bond acceptors (Lipinski definition) is 5. The second-order valence-corrected chi connectivity index (χ2v) is 3.26. The molecule has 1 aliphatic rings. The fourth-order valence-electron chi connectivity index (χ4n) is 1.39. The van der Waals surface area contributed by atoms with Gasteiger partial charge in [-0.1, -0.05) is 6.08 Å². The van der Waals surface area contributed by atoms with Gasteiger partial charge in [-0.2, -0.15) is 0 Å². The number of hydrogen-bond donors (Lipinski definition) is 1. The average Bonchev–Trinajstić information content (AvgIpc) is 2.27. The standard InChI is InChI=1S/C11H15NO4/c1-15-10(13)8-5-3-4-6-12-7-9(8)11(14)16-2/h5,7,12H,3-4,6H2,1-2H3/b8-5+,9-7?. The van der Waals surface area contributed by atoms with Crippen LogP contribution in [0.3, 0.4) is 0 Å². The van der Waals surface area contributed by atoms with Gasteiger partial charge in [0.05, 0.1) is 25.4 Å². The summed E-state index contributed by atoms with van der Waals surface area (Å²) in [6.07, 6.45) is 4.81. The van der Waals surface area contributed by atoms with E-state index in [2.05, 4.69) is 14.8 Å². The van der Waals surface area contributed by atoms with E-state index in [9.17, 15) is 9.59 Å². The van der Waals surface area contributed by atoms with E-state index in [1.165, 1.54) is 20.4 Å². The lowest BCUT2D eigenvalue weighted by atomic mass is 10.0. The Bertz CT molecular complexity index is 310. The second-order valence-electron chi connectivity index (χ2n) is 3.26. The summed E-state index contributed by atoms with van der Waals surface area (Å²) in [5.41, 5.74) is 0.454. The van der Waals surface area contributed by atoms with Crippen LogP contribution >= 0.6 is 0 Å². The zero-order chi connectivity index (χ0) is 12.0. The Morgan fingerprint density at radius 2 is 1.81 bits per heavy atom. The van der Waals surface area contributed by atoms with Crippen molar-refractivity contribution < 1.29 is 19.1 Å². The maximum absolute atomic E-state index is 11.5. The Hall–Kier alpha value is -1.78. The highest BCUT2D eigenvalue weighted by atomic mass is 16.5. The largest absolute Gasteiger partial charge is 0.465 e. The van der Waals surface area contributed by atoms with Gasteiger partial charge in [0.2, 0.25) is 0 Å². The third kappa shape index (κ3) is 2.85. The van der Waals surface area contributed by atoms with Gasteiger partial charge in [-0.25, -0.2) is 9.59 Å². The quantitative estimate of drug-likeness (QED) is 0.694. The van der Waals surface area contributed by atoms with Crippen LogP contribution in [0.2, 0.25) is 0 Å². The van der Waals surface area contributed by atoms with Gasteiger partial charge in [-0.3, -0.25) is 0 Å². The van der Waals surface area contributed by atoms with Crippen LogP contribution in [0.4, 0.5) is 0 Å². The van der Waals surface area contributed by atoms with Gasteiger partial charge < -0.3 is 14.8 Å². The third-order valence-corrected chi connectivity index (χ3v) is 2.22. The number of methoxy groups -OCH3 is 2. The Morgan fingerprint density at radius 1 is 1.19 bits per heavy atom. The number of carbonyl (C=O) groups is 2. The minimum absolute atomic E-state index is 0.203. The molecule has 0 unspecified atom stereocenters. The molecule has 0 aliphatic carbocycles. The van der Waals surface area contributed by atoms with Crippen molar-refractivity contribution in [1.29, 1.82) is 0 Å². The van der Waals surface area contributed by atoms with E-state index >= 15 is 0 Å². The summed E-state index contributed by atoms with van der Waals surface area (Å²) < 4.78 is 9.24. The molecule has 0 saturated heterocycles. The maximum atomic E-state index is 11.5. The molecule has 5 heteroatoms. The van der Waals surface area contributed by atoms with Gasteiger partial charge in [0.15, 0.2) is 0 Å². The zero-order valence-electron chi connectivity index (χ0n) is 9.41. The highest BCUT2D eigenvalue weighted by molar-refractivity contribution is 6.06. The fourth-order valence-corrected chi connectivity index (χ4v) is 1.39. The Kier molecular flexibility index (Phi) is 4.57. The van der Waals surface area contributed by atoms with Crippen LogP contribution in [0.25, 0.3) is 0 Å². The van der Waals surface area contributed by atoms with Crippen LogP contribution in [-0.2, 0) is 19.1 Å². The molecule has 88 valence electrons. The van der Waals surface area contributed by atoms with E-state index in [4.69, 9.17) is 0 Å². The van der Waals surface area contributed by atoms with E-state index in [0.29, 0.717) is 6.42 Å². The van der Waals surface area contributed by atoms with Gasteiger partial charge in [-0.05, 0) is 12.8 Å². The molecule has 16 heavy (non-hydrogen) atoms. The van der Waals surface area contributed by atoms with Gasteiger partial charge in [0.1, 0.15) is 0 Å². The molecule has 1 aliphatic heterocycles. The summed E-state index contributed by atoms with van der Waals surface area (Å²) in [5, 5.41) is 2.95. The molecule has 0 fully saturated rings. The summed E-state index contributed by atoms with van der Waals surface area (Å²) in [7, 11) is 2.56. The minimum Gasteiger partial charge on any atom is -0.465 e. The van der Waals surface area contributed by atoms with Crippen LogP contribution in [0.5, 0.6) is 0 Å². The number of rotatable bonds is 2. The van der Waals surface area contributed by atoms with Gasteiger partial charge in [0.25, 0.3) is 0 Å². The molecule has 0 aromatic heterocycles. The molecule has 0 aromatic carbocycles. The first-order valence-corrected chi connectivity index (χ1v) is 5.01. The highest BCUT2D eigenvalue weighted by Gasteiger charge is 2.22. The normalized spacial score (nSPS) is 19.1. The average molecular weight is 225 g/mol. The third-order valence-electron chi connectivity index (χ3n) is 2.22. The van der Waals surface area contributed by atoms with Crippen LogP contribution in [0, 0.1) is 0 Å². The predicted molar refractivity (Wildman–Crippen MR) is 57.4 cm³/mol. The monoisotopic (exact) mass is 225 g/mol. The predicted octanol–water partition coefficient (Wildman–Crippen LogP) is 0.526. The summed E-state index contributed by atoms with van der Waals surface area (Å²) in [4.78, 5) is 23.0. The van der Waals surface area contributed by atoms with Gasteiger partial charge >= 0.3 is 11.9 Å². The van der Waals surface area contributed by atoms with Crippen molar-refractivity contribution in [3.05, 3.63) is 23.4 Å². The van der Waals surface area contributed by atoms with Gasteiger partial charge in [-0.15, -0.1) is 0 Å². The number of esters is 2. The van der Waals surface area contributed by atoms with Crippen molar-refractivity contribution in [1.82, 2.24) is 5.32 Å². The lowest BCUT2D eigenvalue weighted by Crippen LogP contribution is -2.20. The van der Waals surface area contributed by atoms with E-state index in [1.54, 1.807) is 6.08 Å². The molecule has 0 spiro atoms. The highest BCUT2D eigenvalue weighted by Crippen LogP contribution is 2.16. The molecule has 0 aromatic rings. The number of carbonyl (C=O) groups excluding carboxylic acids is 2. The number of ether oxygens (including phenoxy) is 2. The van der Waals surface area contributed by atoms with E-state index in [0.717, 1.165) is 13.0 Å². The zero-order valence-corrected chi connectivity index (χ0v) is 9.41. The Morgan fingerprint density at radius 3 is 2.44 bits per heavy atom. The van der Waals surface area contributed by atoms with E-state index in [1.807, 2.05) is 0 Å². The first kappa shape index (κ1) is 12.3. The van der Waals surface area contributed by atoms with Crippen molar-refractivity contribution in [2.24, 2.45) is 0 Å². The molecule has 5 nitrogen and oxygen atoms in total. The fraction of sp³-hybridized carbons (Fsp3) is 0.455. The summed E-state index contributed by atoms with van der Waals surface area (Å²) in [6, 6.07) is 0. The van der Waals surface area contributed by atoms with E-state index in [-0.39, 0.29) is 11.1 Å². The molecule has 1 heterocycles. The van der Waals surface area contributed by atoms with Crippen molar-refractivity contribution >= 4 is 11.9 Å². The van der Waals surface area contributed by atoms with Crippen LogP contribution in [0.15, 0.2) is 23.4 Å². The summed E-state index contributed by atoms with van der Waals surface area (Å²) in [5.74, 6) is -1.08. The number of allylic oxidation sites excluding steroid dienone is 1. The van der Waals surface area contributed by atoms with Crippen LogP contribution in [0.1, 0.15) is 12.8 Å². The Balaban J connectivity index is 3.03.